The molecule has 0 aromatic rings. The first-order valence-electron chi connectivity index (χ1n) is 4.37. The number of carbonyl (C=O) groups is 2. The predicted molar refractivity (Wildman–Crippen MR) is 52.6 cm³/mol. The zero-order chi connectivity index (χ0) is 10.6. The minimum Gasteiger partial charge on any atom is -0.337 e. The highest BCUT2D eigenvalue weighted by atomic mass is 16.2. The molecule has 5 nitrogen and oxygen atoms in total. The number of carbonyl (C=O) groups excluding carboxylic acids is 2. The lowest BCUT2D eigenvalue weighted by atomic mass is 10.1. The van der Waals surface area contributed by atoms with Crippen LogP contribution in [0.25, 0.3) is 0 Å². The number of nitrogens with one attached hydrogen (secondary N) is 1. The Bertz CT molecular complexity index is 296. The predicted octanol–water partition coefficient (Wildman–Crippen LogP) is -0.103. The third-order valence-electron chi connectivity index (χ3n) is 1.90. The molecule has 0 spiro atoms. The van der Waals surface area contributed by atoms with E-state index in [-0.39, 0.29) is 11.8 Å². The average molecular weight is 195 g/mol. The van der Waals surface area contributed by atoms with E-state index in [4.69, 9.17) is 0 Å². The minimum absolute atomic E-state index is 0.145. The maximum atomic E-state index is 11.6. The fraction of sp³-hybridized carbons (Fsp3) is 0.444. The molecule has 1 aliphatic heterocycles. The molecule has 14 heavy (non-hydrogen) atoms. The summed E-state index contributed by atoms with van der Waals surface area (Å²) in [5.41, 5.74) is 2.68. The van der Waals surface area contributed by atoms with Crippen molar-refractivity contribution in [2.75, 3.05) is 13.6 Å². The Kier molecular flexibility index (Phi) is 3.39. The topological polar surface area (TPSA) is 61.8 Å². The first-order valence-corrected chi connectivity index (χ1v) is 4.37. The first kappa shape index (κ1) is 10.4. The lowest BCUT2D eigenvalue weighted by Gasteiger charge is -2.18. The van der Waals surface area contributed by atoms with Gasteiger partial charge in [0, 0.05) is 26.4 Å². The molecule has 0 radical (unpaired) electrons. The molecule has 2 amide bonds. The molecule has 1 N–H and O–H groups in total. The summed E-state index contributed by atoms with van der Waals surface area (Å²) >= 11 is 0. The summed E-state index contributed by atoms with van der Waals surface area (Å²) in [5, 5.41) is 3.71. The molecule has 0 atom stereocenters. The van der Waals surface area contributed by atoms with Gasteiger partial charge in [0.05, 0.1) is 0 Å². The third kappa shape index (κ3) is 2.42. The van der Waals surface area contributed by atoms with E-state index >= 15 is 0 Å². The third-order valence-corrected chi connectivity index (χ3v) is 1.90. The molecule has 5 heteroatoms. The Morgan fingerprint density at radius 1 is 1.71 bits per heavy atom. The lowest BCUT2D eigenvalue weighted by Crippen LogP contribution is -2.38. The number of likely N-dealkylation sites (N-methyl/N-ethyl adjacent to an activating group) is 1. The summed E-state index contributed by atoms with van der Waals surface area (Å²) in [5.74, 6) is -0.308. The van der Waals surface area contributed by atoms with Crippen LogP contribution in [0.5, 0.6) is 0 Å². The van der Waals surface area contributed by atoms with Gasteiger partial charge in [-0.05, 0) is 0 Å². The lowest BCUT2D eigenvalue weighted by molar-refractivity contribution is -0.123. The van der Waals surface area contributed by atoms with E-state index in [1.807, 2.05) is 0 Å². The van der Waals surface area contributed by atoms with Crippen LogP contribution < -0.4 is 5.43 Å². The highest BCUT2D eigenvalue weighted by molar-refractivity contribution is 6.39. The number of hydrazone groups is 1. The monoisotopic (exact) mass is 195 g/mol. The van der Waals surface area contributed by atoms with Gasteiger partial charge in [-0.2, -0.15) is 5.10 Å². The van der Waals surface area contributed by atoms with Crippen LogP contribution in [0, 0.1) is 0 Å². The SMILES string of the molecule is C=CCN(C)C(=O)C1=NNC(=O)CC1. The highest BCUT2D eigenvalue weighted by Gasteiger charge is 2.20. The number of rotatable bonds is 3. The van der Waals surface area contributed by atoms with Crippen molar-refractivity contribution in [1.29, 1.82) is 0 Å². The summed E-state index contributed by atoms with van der Waals surface area (Å²) < 4.78 is 0. The maximum absolute atomic E-state index is 11.6. The Labute approximate surface area is 82.5 Å². The molecule has 0 unspecified atom stereocenters. The van der Waals surface area contributed by atoms with Crippen LogP contribution in [0.15, 0.2) is 17.8 Å². The Hall–Kier alpha value is -1.65. The molecule has 0 saturated carbocycles. The molecule has 0 saturated heterocycles. The van der Waals surface area contributed by atoms with Crippen LogP contribution >= 0.6 is 0 Å². The Morgan fingerprint density at radius 3 is 2.93 bits per heavy atom. The average Bonchev–Trinajstić information content (AvgIpc) is 2.18. The van der Waals surface area contributed by atoms with Crippen LogP contribution in [0.4, 0.5) is 0 Å². The van der Waals surface area contributed by atoms with Gasteiger partial charge in [0.1, 0.15) is 5.71 Å². The van der Waals surface area contributed by atoms with Crippen LogP contribution in [0.3, 0.4) is 0 Å². The second-order valence-corrected chi connectivity index (χ2v) is 3.07. The van der Waals surface area contributed by atoms with Gasteiger partial charge < -0.3 is 4.90 Å². The molecule has 0 aromatic heterocycles. The zero-order valence-electron chi connectivity index (χ0n) is 8.12. The van der Waals surface area contributed by atoms with Crippen molar-refractivity contribution in [2.24, 2.45) is 5.10 Å². The van der Waals surface area contributed by atoms with Crippen LogP contribution in [0.1, 0.15) is 12.8 Å². The van der Waals surface area contributed by atoms with Crippen molar-refractivity contribution in [3.63, 3.8) is 0 Å². The number of nitrogens with zero attached hydrogens (tertiary/aromatic N) is 2. The number of hydrogen-bond donors (Lipinski definition) is 1. The minimum atomic E-state index is -0.162. The standard InChI is InChI=1S/C9H13N3O2/c1-3-6-12(2)9(14)7-4-5-8(13)11-10-7/h3H,1,4-6H2,2H3,(H,11,13). The maximum Gasteiger partial charge on any atom is 0.270 e. The normalized spacial score (nSPS) is 15.5. The summed E-state index contributed by atoms with van der Waals surface area (Å²) in [4.78, 5) is 23.9. The van der Waals surface area contributed by atoms with Gasteiger partial charge in [0.2, 0.25) is 5.91 Å². The second-order valence-electron chi connectivity index (χ2n) is 3.07. The van der Waals surface area contributed by atoms with Crippen molar-refractivity contribution >= 4 is 17.5 Å². The van der Waals surface area contributed by atoms with E-state index < -0.39 is 0 Å². The smallest absolute Gasteiger partial charge is 0.270 e. The molecular weight excluding hydrogens is 182 g/mol. The fourth-order valence-electron chi connectivity index (χ4n) is 1.13. The van der Waals surface area contributed by atoms with Gasteiger partial charge in [-0.25, -0.2) is 5.43 Å². The van der Waals surface area contributed by atoms with Crippen molar-refractivity contribution in [3.05, 3.63) is 12.7 Å². The number of amides is 2. The second kappa shape index (κ2) is 4.55. The van der Waals surface area contributed by atoms with Crippen molar-refractivity contribution in [1.82, 2.24) is 10.3 Å². The van der Waals surface area contributed by atoms with E-state index in [1.54, 1.807) is 13.1 Å². The summed E-state index contributed by atoms with van der Waals surface area (Å²) in [6, 6.07) is 0. The van der Waals surface area contributed by atoms with Crippen molar-refractivity contribution in [2.45, 2.75) is 12.8 Å². The quantitative estimate of drug-likeness (QED) is 0.639. The molecule has 0 aromatic carbocycles. The van der Waals surface area contributed by atoms with Crippen molar-refractivity contribution in [3.8, 4) is 0 Å². The molecular formula is C9H13N3O2. The first-order chi connectivity index (χ1) is 6.65. The van der Waals surface area contributed by atoms with Gasteiger partial charge in [-0.1, -0.05) is 6.08 Å². The molecule has 0 aliphatic carbocycles. The van der Waals surface area contributed by atoms with Gasteiger partial charge in [-0.15, -0.1) is 6.58 Å². The van der Waals surface area contributed by atoms with Gasteiger partial charge in [-0.3, -0.25) is 9.59 Å². The molecule has 76 valence electrons. The van der Waals surface area contributed by atoms with E-state index in [0.717, 1.165) is 0 Å². The van der Waals surface area contributed by atoms with Crippen LogP contribution in [-0.2, 0) is 9.59 Å². The summed E-state index contributed by atoms with van der Waals surface area (Å²) in [6.07, 6.45) is 2.37. The Morgan fingerprint density at radius 2 is 2.43 bits per heavy atom. The molecule has 1 rings (SSSR count). The van der Waals surface area contributed by atoms with Crippen LogP contribution in [0.2, 0.25) is 0 Å². The zero-order valence-corrected chi connectivity index (χ0v) is 8.12. The molecule has 0 fully saturated rings. The molecule has 0 bridgehead atoms. The fourth-order valence-corrected chi connectivity index (χ4v) is 1.13. The van der Waals surface area contributed by atoms with Crippen LogP contribution in [-0.4, -0.2) is 36.0 Å². The Balaban J connectivity index is 2.61. The largest absolute Gasteiger partial charge is 0.337 e. The number of hydrogen-bond acceptors (Lipinski definition) is 3. The summed E-state index contributed by atoms with van der Waals surface area (Å²) in [6.45, 7) is 4.01. The van der Waals surface area contributed by atoms with E-state index in [2.05, 4.69) is 17.1 Å². The van der Waals surface area contributed by atoms with Gasteiger partial charge >= 0.3 is 0 Å². The molecule has 1 heterocycles. The van der Waals surface area contributed by atoms with E-state index in [0.29, 0.717) is 25.1 Å². The van der Waals surface area contributed by atoms with Gasteiger partial charge in [0.25, 0.3) is 5.91 Å². The highest BCUT2D eigenvalue weighted by Crippen LogP contribution is 2.02. The summed E-state index contributed by atoms with van der Waals surface area (Å²) in [7, 11) is 1.67. The van der Waals surface area contributed by atoms with E-state index in [1.165, 1.54) is 4.90 Å². The molecule has 1 aliphatic rings. The van der Waals surface area contributed by atoms with Gasteiger partial charge in [0.15, 0.2) is 0 Å². The van der Waals surface area contributed by atoms with E-state index in [9.17, 15) is 9.59 Å². The van der Waals surface area contributed by atoms with Crippen molar-refractivity contribution < 1.29 is 9.59 Å².